The Labute approximate surface area is 83.6 Å². The van der Waals surface area contributed by atoms with Crippen LogP contribution < -0.4 is 0 Å². The average Bonchev–Trinajstić information content (AvgIpc) is 2.13. The number of amides is 1. The van der Waals surface area contributed by atoms with Gasteiger partial charge in [0.05, 0.1) is 0 Å². The second kappa shape index (κ2) is 6.37. The Morgan fingerprint density at radius 3 is 2.43 bits per heavy atom. The highest BCUT2D eigenvalue weighted by molar-refractivity contribution is 5.82. The van der Waals surface area contributed by atoms with Crippen LogP contribution in [0.2, 0.25) is 0 Å². The first-order valence-electron chi connectivity index (χ1n) is 4.53. The van der Waals surface area contributed by atoms with Crippen molar-refractivity contribution in [2.24, 2.45) is 0 Å². The fourth-order valence-corrected chi connectivity index (χ4v) is 1.06. The van der Waals surface area contributed by atoms with Gasteiger partial charge in [-0.15, -0.1) is 0 Å². The van der Waals surface area contributed by atoms with Crippen LogP contribution in [0.1, 0.15) is 20.3 Å². The molecular formula is C9H17NO4. The maximum absolute atomic E-state index is 11.4. The van der Waals surface area contributed by atoms with E-state index in [4.69, 9.17) is 5.11 Å². The van der Waals surface area contributed by atoms with Crippen LogP contribution in [0.4, 0.5) is 0 Å². The normalized spacial score (nSPS) is 12.2. The van der Waals surface area contributed by atoms with Gasteiger partial charge in [-0.25, -0.2) is 0 Å². The zero-order chi connectivity index (χ0) is 11.1. The van der Waals surface area contributed by atoms with Gasteiger partial charge >= 0.3 is 5.97 Å². The Hall–Kier alpha value is -1.10. The Kier molecular flexibility index (Phi) is 5.87. The molecule has 0 aliphatic rings. The summed E-state index contributed by atoms with van der Waals surface area (Å²) >= 11 is 0. The van der Waals surface area contributed by atoms with Crippen LogP contribution in [0.3, 0.4) is 0 Å². The van der Waals surface area contributed by atoms with Crippen molar-refractivity contribution in [2.45, 2.75) is 26.3 Å². The lowest BCUT2D eigenvalue weighted by molar-refractivity contribution is -0.147. The number of aliphatic carboxylic acids is 1. The van der Waals surface area contributed by atoms with Gasteiger partial charge in [-0.2, -0.15) is 0 Å². The minimum atomic E-state index is -1.00. The molecule has 1 atom stereocenters. The van der Waals surface area contributed by atoms with Crippen molar-refractivity contribution >= 4 is 11.9 Å². The number of ether oxygens (including phenoxy) is 1. The van der Waals surface area contributed by atoms with Gasteiger partial charge < -0.3 is 14.7 Å². The highest BCUT2D eigenvalue weighted by Gasteiger charge is 2.20. The Balaban J connectivity index is 4.37. The minimum Gasteiger partial charge on any atom is -0.480 e. The molecule has 82 valence electrons. The molecule has 0 saturated heterocycles. The summed E-state index contributed by atoms with van der Waals surface area (Å²) in [6, 6.07) is -0.0752. The van der Waals surface area contributed by atoms with Crippen LogP contribution in [-0.4, -0.2) is 48.2 Å². The number of rotatable bonds is 6. The second-order valence-electron chi connectivity index (χ2n) is 3.11. The molecule has 0 heterocycles. The van der Waals surface area contributed by atoms with Crippen molar-refractivity contribution in [2.75, 3.05) is 20.3 Å². The van der Waals surface area contributed by atoms with E-state index in [1.54, 1.807) is 0 Å². The molecule has 0 bridgehead atoms. The van der Waals surface area contributed by atoms with E-state index < -0.39 is 5.97 Å². The van der Waals surface area contributed by atoms with E-state index in [9.17, 15) is 9.59 Å². The zero-order valence-electron chi connectivity index (χ0n) is 8.82. The van der Waals surface area contributed by atoms with Gasteiger partial charge in [0.15, 0.2) is 0 Å². The number of carboxylic acid groups (broad SMARTS) is 1. The highest BCUT2D eigenvalue weighted by atomic mass is 16.5. The van der Waals surface area contributed by atoms with Gasteiger partial charge in [0.2, 0.25) is 5.91 Å². The summed E-state index contributed by atoms with van der Waals surface area (Å²) in [5, 5.41) is 8.61. The Bertz CT molecular complexity index is 205. The van der Waals surface area contributed by atoms with Crippen molar-refractivity contribution in [3.63, 3.8) is 0 Å². The molecule has 0 aliphatic heterocycles. The second-order valence-corrected chi connectivity index (χ2v) is 3.11. The standard InChI is InChI=1S/C9H17NO4/c1-4-7(2)10(5-9(12)13)8(11)6-14-3/h7H,4-6H2,1-3H3,(H,12,13). The van der Waals surface area contributed by atoms with Gasteiger partial charge in [-0.05, 0) is 13.3 Å². The molecular weight excluding hydrogens is 186 g/mol. The van der Waals surface area contributed by atoms with Gasteiger partial charge in [-0.3, -0.25) is 9.59 Å². The maximum atomic E-state index is 11.4. The molecule has 0 radical (unpaired) electrons. The number of carbonyl (C=O) groups is 2. The van der Waals surface area contributed by atoms with E-state index in [1.807, 2.05) is 13.8 Å². The van der Waals surface area contributed by atoms with Gasteiger partial charge in [-0.1, -0.05) is 6.92 Å². The van der Waals surface area contributed by atoms with Crippen molar-refractivity contribution < 1.29 is 19.4 Å². The lowest BCUT2D eigenvalue weighted by Crippen LogP contribution is -2.43. The summed E-state index contributed by atoms with van der Waals surface area (Å²) in [5.41, 5.74) is 0. The number of methoxy groups -OCH3 is 1. The predicted molar refractivity (Wildman–Crippen MR) is 51.0 cm³/mol. The molecule has 0 fully saturated rings. The first-order valence-corrected chi connectivity index (χ1v) is 4.53. The molecule has 5 nitrogen and oxygen atoms in total. The summed E-state index contributed by atoms with van der Waals surface area (Å²) in [6.45, 7) is 3.38. The van der Waals surface area contributed by atoms with Crippen LogP contribution in [0.5, 0.6) is 0 Å². The molecule has 0 rings (SSSR count). The van der Waals surface area contributed by atoms with Crippen LogP contribution >= 0.6 is 0 Å². The Morgan fingerprint density at radius 2 is 2.07 bits per heavy atom. The molecule has 1 unspecified atom stereocenters. The van der Waals surface area contributed by atoms with E-state index in [0.717, 1.165) is 6.42 Å². The first-order chi connectivity index (χ1) is 6.52. The van der Waals surface area contributed by atoms with E-state index in [-0.39, 0.29) is 25.1 Å². The fourth-order valence-electron chi connectivity index (χ4n) is 1.06. The molecule has 0 saturated carbocycles. The predicted octanol–water partition coefficient (Wildman–Crippen LogP) is 0.344. The average molecular weight is 203 g/mol. The summed E-state index contributed by atoms with van der Waals surface area (Å²) in [6.07, 6.45) is 0.725. The summed E-state index contributed by atoms with van der Waals surface area (Å²) in [5.74, 6) is -1.29. The number of hydrogen-bond acceptors (Lipinski definition) is 3. The fraction of sp³-hybridized carbons (Fsp3) is 0.778. The molecule has 5 heteroatoms. The molecule has 0 aromatic rings. The minimum absolute atomic E-state index is 0.0718. The van der Waals surface area contributed by atoms with Crippen molar-refractivity contribution in [1.82, 2.24) is 4.90 Å². The maximum Gasteiger partial charge on any atom is 0.323 e. The van der Waals surface area contributed by atoms with Gasteiger partial charge in [0.1, 0.15) is 13.2 Å². The van der Waals surface area contributed by atoms with Crippen molar-refractivity contribution in [3.05, 3.63) is 0 Å². The van der Waals surface area contributed by atoms with Crippen LogP contribution in [0, 0.1) is 0 Å². The van der Waals surface area contributed by atoms with Gasteiger partial charge in [0, 0.05) is 13.2 Å². The molecule has 1 N–H and O–H groups in total. The number of carboxylic acids is 1. The SMILES string of the molecule is CCC(C)N(CC(=O)O)C(=O)COC. The highest BCUT2D eigenvalue weighted by Crippen LogP contribution is 2.03. The van der Waals surface area contributed by atoms with Crippen LogP contribution in [0.15, 0.2) is 0 Å². The van der Waals surface area contributed by atoms with Crippen LogP contribution in [-0.2, 0) is 14.3 Å². The molecule has 0 aliphatic carbocycles. The lowest BCUT2D eigenvalue weighted by atomic mass is 10.2. The topological polar surface area (TPSA) is 66.8 Å². The molecule has 1 amide bonds. The molecule has 0 aromatic heterocycles. The Morgan fingerprint density at radius 1 is 1.50 bits per heavy atom. The van der Waals surface area contributed by atoms with Crippen molar-refractivity contribution in [3.8, 4) is 0 Å². The van der Waals surface area contributed by atoms with Gasteiger partial charge in [0.25, 0.3) is 0 Å². The summed E-state index contributed by atoms with van der Waals surface area (Å²) in [7, 11) is 1.41. The molecule has 0 aromatic carbocycles. The van der Waals surface area contributed by atoms with Crippen molar-refractivity contribution in [1.29, 1.82) is 0 Å². The smallest absolute Gasteiger partial charge is 0.323 e. The lowest BCUT2D eigenvalue weighted by Gasteiger charge is -2.26. The number of hydrogen-bond donors (Lipinski definition) is 1. The summed E-state index contributed by atoms with van der Waals surface area (Å²) < 4.78 is 4.68. The third-order valence-electron chi connectivity index (χ3n) is 2.02. The third kappa shape index (κ3) is 4.23. The zero-order valence-corrected chi connectivity index (χ0v) is 8.82. The van der Waals surface area contributed by atoms with E-state index in [0.29, 0.717) is 0 Å². The monoisotopic (exact) mass is 203 g/mol. The molecule has 0 spiro atoms. The van der Waals surface area contributed by atoms with E-state index in [1.165, 1.54) is 12.0 Å². The third-order valence-corrected chi connectivity index (χ3v) is 2.02. The summed E-state index contributed by atoms with van der Waals surface area (Å²) in [4.78, 5) is 23.2. The quantitative estimate of drug-likeness (QED) is 0.676. The first kappa shape index (κ1) is 12.9. The van der Waals surface area contributed by atoms with E-state index >= 15 is 0 Å². The van der Waals surface area contributed by atoms with Crippen LogP contribution in [0.25, 0.3) is 0 Å². The van der Waals surface area contributed by atoms with E-state index in [2.05, 4.69) is 4.74 Å². The molecule has 14 heavy (non-hydrogen) atoms. The largest absolute Gasteiger partial charge is 0.480 e. The number of carbonyl (C=O) groups excluding carboxylic acids is 1. The number of nitrogens with zero attached hydrogens (tertiary/aromatic N) is 1.